The largest absolute Gasteiger partial charge is 0.380 e. The second kappa shape index (κ2) is 5.90. The predicted octanol–water partition coefficient (Wildman–Crippen LogP) is 0.848. The fourth-order valence-electron chi connectivity index (χ4n) is 2.91. The van der Waals surface area contributed by atoms with Crippen molar-refractivity contribution < 1.29 is 9.53 Å². The second-order valence-corrected chi connectivity index (χ2v) is 5.66. The van der Waals surface area contributed by atoms with E-state index >= 15 is 0 Å². The average molecular weight is 301 g/mol. The first-order chi connectivity index (χ1) is 10.6. The summed E-state index contributed by atoms with van der Waals surface area (Å²) < 4.78 is 5.35. The first kappa shape index (κ1) is 14.7. The van der Waals surface area contributed by atoms with Crippen LogP contribution in [0.5, 0.6) is 0 Å². The van der Waals surface area contributed by atoms with Crippen LogP contribution in [0.2, 0.25) is 0 Å². The van der Waals surface area contributed by atoms with Crippen LogP contribution in [0.3, 0.4) is 0 Å². The zero-order valence-corrected chi connectivity index (χ0v) is 12.5. The first-order valence-corrected chi connectivity index (χ1v) is 7.27. The second-order valence-electron chi connectivity index (χ2n) is 5.66. The smallest absolute Gasteiger partial charge is 0.248 e. The Hall–Kier alpha value is -2.18. The Morgan fingerprint density at radius 3 is 2.95 bits per heavy atom. The Bertz CT molecular complexity index is 769. The van der Waals surface area contributed by atoms with Crippen molar-refractivity contribution in [3.63, 3.8) is 0 Å². The number of primary amides is 1. The Balaban J connectivity index is 1.88. The summed E-state index contributed by atoms with van der Waals surface area (Å²) in [6, 6.07) is 6.48. The van der Waals surface area contributed by atoms with Gasteiger partial charge in [0.05, 0.1) is 6.10 Å². The molecule has 2 heterocycles. The number of nitrogens with zero attached hydrogens (tertiary/aromatic N) is 1. The predicted molar refractivity (Wildman–Crippen MR) is 83.8 cm³/mol. The highest BCUT2D eigenvalue weighted by molar-refractivity contribution is 5.96. The molecule has 3 N–H and O–H groups in total. The van der Waals surface area contributed by atoms with Gasteiger partial charge in [-0.15, -0.1) is 0 Å². The van der Waals surface area contributed by atoms with Crippen molar-refractivity contribution in [1.82, 2.24) is 9.88 Å². The standard InChI is InChI=1S/C16H19N3O3/c1-22-12-4-5-19(9-12)8-11-7-15(20)13-6-10(16(17)21)2-3-14(13)18-11/h2-3,6-7,12H,4-5,8-9H2,1H3,(H2,17,21)(H,18,20)/t12-/m1/s1. The van der Waals surface area contributed by atoms with E-state index in [0.717, 1.165) is 30.7 Å². The number of aromatic amines is 1. The molecule has 116 valence electrons. The molecule has 1 atom stereocenters. The van der Waals surface area contributed by atoms with Crippen molar-refractivity contribution in [1.29, 1.82) is 0 Å². The zero-order chi connectivity index (χ0) is 15.7. The molecule has 0 radical (unpaired) electrons. The Kier molecular flexibility index (Phi) is 3.96. The molecule has 1 aliphatic heterocycles. The van der Waals surface area contributed by atoms with E-state index in [1.54, 1.807) is 25.3 Å². The van der Waals surface area contributed by atoms with Crippen LogP contribution < -0.4 is 11.2 Å². The number of fused-ring (bicyclic) bond motifs is 1. The van der Waals surface area contributed by atoms with Gasteiger partial charge in [0, 0.05) is 55.0 Å². The van der Waals surface area contributed by atoms with Crippen molar-refractivity contribution >= 4 is 16.8 Å². The van der Waals surface area contributed by atoms with E-state index < -0.39 is 5.91 Å². The lowest BCUT2D eigenvalue weighted by molar-refractivity contribution is 0.100. The molecule has 1 aromatic carbocycles. The number of carbonyl (C=O) groups excluding carboxylic acids is 1. The number of amides is 1. The number of pyridine rings is 1. The van der Waals surface area contributed by atoms with Crippen LogP contribution in [0.25, 0.3) is 10.9 Å². The molecule has 1 aromatic heterocycles. The van der Waals surface area contributed by atoms with Gasteiger partial charge >= 0.3 is 0 Å². The molecule has 0 spiro atoms. The monoisotopic (exact) mass is 301 g/mol. The molecule has 1 saturated heterocycles. The number of hydrogen-bond donors (Lipinski definition) is 2. The van der Waals surface area contributed by atoms with E-state index in [-0.39, 0.29) is 11.5 Å². The number of nitrogens with one attached hydrogen (secondary N) is 1. The lowest BCUT2D eigenvalue weighted by atomic mass is 10.1. The molecule has 22 heavy (non-hydrogen) atoms. The number of likely N-dealkylation sites (tertiary alicyclic amines) is 1. The van der Waals surface area contributed by atoms with Gasteiger partial charge in [-0.3, -0.25) is 14.5 Å². The van der Waals surface area contributed by atoms with Crippen molar-refractivity contribution in [2.75, 3.05) is 20.2 Å². The number of rotatable bonds is 4. The minimum atomic E-state index is -0.534. The molecule has 1 amide bonds. The molecule has 3 rings (SSSR count). The quantitative estimate of drug-likeness (QED) is 0.876. The number of ether oxygens (including phenoxy) is 1. The fraction of sp³-hybridized carbons (Fsp3) is 0.375. The average Bonchev–Trinajstić information content (AvgIpc) is 2.94. The Labute approximate surface area is 127 Å². The van der Waals surface area contributed by atoms with Crippen molar-refractivity contribution in [3.8, 4) is 0 Å². The summed E-state index contributed by atoms with van der Waals surface area (Å²) in [4.78, 5) is 29.0. The van der Waals surface area contributed by atoms with E-state index in [0.29, 0.717) is 17.5 Å². The van der Waals surface area contributed by atoms with Gasteiger partial charge in [-0.25, -0.2) is 0 Å². The van der Waals surface area contributed by atoms with Crippen LogP contribution in [0.15, 0.2) is 29.1 Å². The number of hydrogen-bond acceptors (Lipinski definition) is 4. The molecular formula is C16H19N3O3. The lowest BCUT2D eigenvalue weighted by Crippen LogP contribution is -2.23. The first-order valence-electron chi connectivity index (χ1n) is 7.27. The summed E-state index contributed by atoms with van der Waals surface area (Å²) in [6.45, 7) is 2.51. The lowest BCUT2D eigenvalue weighted by Gasteiger charge is -2.15. The summed E-state index contributed by atoms with van der Waals surface area (Å²) in [6.07, 6.45) is 1.28. The maximum Gasteiger partial charge on any atom is 0.248 e. The van der Waals surface area contributed by atoms with Gasteiger partial charge < -0.3 is 15.5 Å². The summed E-state index contributed by atoms with van der Waals surface area (Å²) in [5.41, 5.74) is 7.07. The van der Waals surface area contributed by atoms with Crippen molar-refractivity contribution in [3.05, 3.63) is 45.7 Å². The van der Waals surface area contributed by atoms with Gasteiger partial charge in [-0.1, -0.05) is 0 Å². The number of benzene rings is 1. The van der Waals surface area contributed by atoms with Crippen molar-refractivity contribution in [2.24, 2.45) is 5.73 Å². The van der Waals surface area contributed by atoms with Gasteiger partial charge in [0.1, 0.15) is 0 Å². The summed E-state index contributed by atoms with van der Waals surface area (Å²) in [5, 5.41) is 0.483. The molecule has 6 nitrogen and oxygen atoms in total. The molecule has 1 fully saturated rings. The molecular weight excluding hydrogens is 282 g/mol. The normalized spacial score (nSPS) is 18.9. The van der Waals surface area contributed by atoms with E-state index in [2.05, 4.69) is 9.88 Å². The number of methoxy groups -OCH3 is 1. The highest BCUT2D eigenvalue weighted by Gasteiger charge is 2.22. The minimum Gasteiger partial charge on any atom is -0.380 e. The Morgan fingerprint density at radius 2 is 2.27 bits per heavy atom. The molecule has 0 bridgehead atoms. The molecule has 0 unspecified atom stereocenters. The van der Waals surface area contributed by atoms with Gasteiger partial charge in [0.2, 0.25) is 5.91 Å². The third-order valence-electron chi connectivity index (χ3n) is 4.13. The Morgan fingerprint density at radius 1 is 1.45 bits per heavy atom. The van der Waals surface area contributed by atoms with Crippen LogP contribution >= 0.6 is 0 Å². The SMILES string of the molecule is CO[C@@H]1CCN(Cc2cc(=O)c3cc(C(N)=O)ccc3[nH]2)C1. The topological polar surface area (TPSA) is 88.4 Å². The van der Waals surface area contributed by atoms with Crippen LogP contribution in [0, 0.1) is 0 Å². The number of H-pyrrole nitrogens is 1. The van der Waals surface area contributed by atoms with Crippen LogP contribution in [0.1, 0.15) is 22.5 Å². The van der Waals surface area contributed by atoms with Gasteiger partial charge in [0.25, 0.3) is 0 Å². The van der Waals surface area contributed by atoms with Crippen LogP contribution in [0.4, 0.5) is 0 Å². The maximum atomic E-state index is 12.3. The van der Waals surface area contributed by atoms with Crippen molar-refractivity contribution in [2.45, 2.75) is 19.1 Å². The van der Waals surface area contributed by atoms with Crippen LogP contribution in [-0.4, -0.2) is 42.1 Å². The molecule has 0 saturated carbocycles. The highest BCUT2D eigenvalue weighted by atomic mass is 16.5. The van der Waals surface area contributed by atoms with E-state index in [4.69, 9.17) is 10.5 Å². The molecule has 1 aliphatic rings. The third kappa shape index (κ3) is 2.88. The van der Waals surface area contributed by atoms with Crippen LogP contribution in [-0.2, 0) is 11.3 Å². The maximum absolute atomic E-state index is 12.3. The van der Waals surface area contributed by atoms with Gasteiger partial charge in [0.15, 0.2) is 5.43 Å². The van der Waals surface area contributed by atoms with E-state index in [1.807, 2.05) is 0 Å². The molecule has 2 aromatic rings. The third-order valence-corrected chi connectivity index (χ3v) is 4.13. The number of carbonyl (C=O) groups is 1. The summed E-state index contributed by atoms with van der Waals surface area (Å²) in [7, 11) is 1.72. The fourth-order valence-corrected chi connectivity index (χ4v) is 2.91. The van der Waals surface area contributed by atoms with Gasteiger partial charge in [-0.05, 0) is 24.6 Å². The van der Waals surface area contributed by atoms with E-state index in [1.165, 1.54) is 6.07 Å². The summed E-state index contributed by atoms with van der Waals surface area (Å²) in [5.74, 6) is -0.534. The molecule has 6 heteroatoms. The number of nitrogens with two attached hydrogens (primary N) is 1. The molecule has 0 aliphatic carbocycles. The van der Waals surface area contributed by atoms with E-state index in [9.17, 15) is 9.59 Å². The highest BCUT2D eigenvalue weighted by Crippen LogP contribution is 2.16. The number of aromatic nitrogens is 1. The zero-order valence-electron chi connectivity index (χ0n) is 12.5. The minimum absolute atomic E-state index is 0.102. The van der Waals surface area contributed by atoms with Gasteiger partial charge in [-0.2, -0.15) is 0 Å². The summed E-state index contributed by atoms with van der Waals surface area (Å²) >= 11 is 0.